The molecular weight excluding hydrogens is 296 g/mol. The molecule has 2 atom stereocenters. The van der Waals surface area contributed by atoms with Crippen molar-refractivity contribution in [2.24, 2.45) is 0 Å². The molecule has 2 aromatic heterocycles. The Hall–Kier alpha value is -2.19. The first kappa shape index (κ1) is 14.4. The summed E-state index contributed by atoms with van der Waals surface area (Å²) in [6, 6.07) is 1.84. The number of rotatable bonds is 2. The van der Waals surface area contributed by atoms with Gasteiger partial charge in [-0.2, -0.15) is 5.10 Å². The Morgan fingerprint density at radius 1 is 1.35 bits per heavy atom. The second kappa shape index (κ2) is 5.47. The highest BCUT2D eigenvalue weighted by atomic mass is 16.6. The van der Waals surface area contributed by atoms with Crippen LogP contribution in [0.15, 0.2) is 24.8 Å². The van der Waals surface area contributed by atoms with Gasteiger partial charge in [0, 0.05) is 32.0 Å². The lowest BCUT2D eigenvalue weighted by molar-refractivity contribution is -0.0990. The molecule has 2 unspecified atom stereocenters. The van der Waals surface area contributed by atoms with E-state index in [2.05, 4.69) is 26.9 Å². The second-order valence-corrected chi connectivity index (χ2v) is 6.18. The van der Waals surface area contributed by atoms with Crippen molar-refractivity contribution < 1.29 is 9.47 Å². The van der Waals surface area contributed by atoms with E-state index in [0.29, 0.717) is 18.1 Å². The van der Waals surface area contributed by atoms with Crippen molar-refractivity contribution in [1.82, 2.24) is 19.7 Å². The number of nitrogens with zero attached hydrogens (tertiary/aromatic N) is 5. The monoisotopic (exact) mass is 316 g/mol. The molecule has 8 nitrogen and oxygen atoms in total. The van der Waals surface area contributed by atoms with Crippen LogP contribution in [0.2, 0.25) is 0 Å². The highest BCUT2D eigenvalue weighted by Crippen LogP contribution is 2.34. The van der Waals surface area contributed by atoms with Gasteiger partial charge >= 0.3 is 0 Å². The van der Waals surface area contributed by atoms with Crippen LogP contribution in [0, 0.1) is 0 Å². The van der Waals surface area contributed by atoms with E-state index in [1.54, 1.807) is 10.9 Å². The van der Waals surface area contributed by atoms with E-state index in [1.165, 1.54) is 6.33 Å². The maximum atomic E-state index is 6.34. The molecule has 23 heavy (non-hydrogen) atoms. The van der Waals surface area contributed by atoms with Gasteiger partial charge in [0.2, 0.25) is 0 Å². The van der Waals surface area contributed by atoms with Crippen LogP contribution in [0.5, 0.6) is 0 Å². The predicted molar refractivity (Wildman–Crippen MR) is 84.5 cm³/mol. The maximum Gasteiger partial charge on any atom is 0.181 e. The predicted octanol–water partition coefficient (Wildman–Crippen LogP) is 0.629. The SMILES string of the molecule is CC1CN(c2ncnc(-n3cccn3)c2N)CC2(CCOC2)O1. The van der Waals surface area contributed by atoms with Crippen LogP contribution in [0.1, 0.15) is 13.3 Å². The summed E-state index contributed by atoms with van der Waals surface area (Å²) in [6.45, 7) is 4.87. The van der Waals surface area contributed by atoms with Gasteiger partial charge in [0.1, 0.15) is 17.6 Å². The number of nitrogens with two attached hydrogens (primary N) is 1. The Balaban J connectivity index is 1.68. The molecule has 0 radical (unpaired) electrons. The van der Waals surface area contributed by atoms with Gasteiger partial charge in [0.15, 0.2) is 11.6 Å². The van der Waals surface area contributed by atoms with Crippen molar-refractivity contribution in [3.05, 3.63) is 24.8 Å². The zero-order valence-corrected chi connectivity index (χ0v) is 13.1. The van der Waals surface area contributed by atoms with E-state index in [-0.39, 0.29) is 11.7 Å². The fourth-order valence-electron chi connectivity index (χ4n) is 3.40. The van der Waals surface area contributed by atoms with Gasteiger partial charge < -0.3 is 20.1 Å². The topological polar surface area (TPSA) is 91.3 Å². The molecule has 4 rings (SSSR count). The Kier molecular flexibility index (Phi) is 3.42. The van der Waals surface area contributed by atoms with E-state index in [1.807, 2.05) is 12.3 Å². The van der Waals surface area contributed by atoms with Crippen LogP contribution in [0.3, 0.4) is 0 Å². The van der Waals surface area contributed by atoms with Gasteiger partial charge in [-0.1, -0.05) is 0 Å². The minimum Gasteiger partial charge on any atom is -0.393 e. The fraction of sp³-hybridized carbons (Fsp3) is 0.533. The summed E-state index contributed by atoms with van der Waals surface area (Å²) < 4.78 is 13.4. The normalized spacial score (nSPS) is 27.7. The third-order valence-electron chi connectivity index (χ3n) is 4.34. The number of anilines is 2. The van der Waals surface area contributed by atoms with Crippen LogP contribution in [0.4, 0.5) is 11.5 Å². The minimum absolute atomic E-state index is 0.0907. The van der Waals surface area contributed by atoms with Crippen molar-refractivity contribution in [3.8, 4) is 5.82 Å². The van der Waals surface area contributed by atoms with Gasteiger partial charge in [-0.25, -0.2) is 14.6 Å². The lowest BCUT2D eigenvalue weighted by atomic mass is 9.99. The zero-order chi connectivity index (χ0) is 15.9. The highest BCUT2D eigenvalue weighted by Gasteiger charge is 2.43. The van der Waals surface area contributed by atoms with Crippen LogP contribution in [-0.4, -0.2) is 57.8 Å². The summed E-state index contributed by atoms with van der Waals surface area (Å²) in [6.07, 6.45) is 6.03. The molecule has 2 aromatic rings. The number of ether oxygens (including phenoxy) is 2. The number of hydrogen-bond acceptors (Lipinski definition) is 7. The van der Waals surface area contributed by atoms with Gasteiger partial charge in [0.05, 0.1) is 19.3 Å². The van der Waals surface area contributed by atoms with E-state index < -0.39 is 0 Å². The van der Waals surface area contributed by atoms with E-state index in [9.17, 15) is 0 Å². The summed E-state index contributed by atoms with van der Waals surface area (Å²) >= 11 is 0. The van der Waals surface area contributed by atoms with E-state index >= 15 is 0 Å². The average Bonchev–Trinajstić information content (AvgIpc) is 3.19. The molecule has 2 fully saturated rings. The first-order valence-corrected chi connectivity index (χ1v) is 7.78. The lowest BCUT2D eigenvalue weighted by Gasteiger charge is -2.43. The van der Waals surface area contributed by atoms with E-state index in [4.69, 9.17) is 15.2 Å². The first-order valence-electron chi connectivity index (χ1n) is 7.78. The molecular formula is C15H20N6O2. The smallest absolute Gasteiger partial charge is 0.181 e. The van der Waals surface area contributed by atoms with Crippen molar-refractivity contribution in [2.75, 3.05) is 36.9 Å². The van der Waals surface area contributed by atoms with Gasteiger partial charge in [0.25, 0.3) is 0 Å². The van der Waals surface area contributed by atoms with Crippen molar-refractivity contribution >= 4 is 11.5 Å². The highest BCUT2D eigenvalue weighted by molar-refractivity contribution is 5.70. The van der Waals surface area contributed by atoms with Crippen molar-refractivity contribution in [2.45, 2.75) is 25.0 Å². The largest absolute Gasteiger partial charge is 0.393 e. The lowest BCUT2D eigenvalue weighted by Crippen LogP contribution is -2.56. The van der Waals surface area contributed by atoms with Gasteiger partial charge in [-0.05, 0) is 13.0 Å². The molecule has 0 bridgehead atoms. The number of morpholine rings is 1. The van der Waals surface area contributed by atoms with Crippen molar-refractivity contribution in [1.29, 1.82) is 0 Å². The Labute approximate surface area is 134 Å². The van der Waals surface area contributed by atoms with Crippen LogP contribution >= 0.6 is 0 Å². The summed E-state index contributed by atoms with van der Waals surface area (Å²) in [5.41, 5.74) is 6.60. The number of aromatic nitrogens is 4. The van der Waals surface area contributed by atoms with Gasteiger partial charge in [-0.15, -0.1) is 0 Å². The molecule has 0 amide bonds. The van der Waals surface area contributed by atoms with Crippen molar-refractivity contribution in [3.63, 3.8) is 0 Å². The fourth-order valence-corrected chi connectivity index (χ4v) is 3.40. The molecule has 0 aromatic carbocycles. The Bertz CT molecular complexity index is 683. The average molecular weight is 316 g/mol. The van der Waals surface area contributed by atoms with Crippen LogP contribution < -0.4 is 10.6 Å². The molecule has 4 heterocycles. The maximum absolute atomic E-state index is 6.34. The zero-order valence-electron chi connectivity index (χ0n) is 13.1. The molecule has 0 aliphatic carbocycles. The molecule has 0 saturated carbocycles. The standard InChI is InChI=1S/C15H20N6O2/c1-11-7-20(8-15(23-11)3-6-22-9-15)13-12(16)14(18-10-17-13)21-5-2-4-19-21/h2,4-5,10-11H,3,6-9,16H2,1H3. The quantitative estimate of drug-likeness (QED) is 0.868. The Morgan fingerprint density at radius 2 is 2.22 bits per heavy atom. The summed E-state index contributed by atoms with van der Waals surface area (Å²) in [5, 5.41) is 4.20. The third-order valence-corrected chi connectivity index (χ3v) is 4.34. The molecule has 2 saturated heterocycles. The molecule has 8 heteroatoms. The number of nitrogen functional groups attached to an aromatic ring is 1. The van der Waals surface area contributed by atoms with E-state index in [0.717, 1.165) is 31.9 Å². The Morgan fingerprint density at radius 3 is 2.96 bits per heavy atom. The minimum atomic E-state index is -0.263. The molecule has 1 spiro atoms. The van der Waals surface area contributed by atoms with Gasteiger partial charge in [-0.3, -0.25) is 0 Å². The molecule has 2 N–H and O–H groups in total. The van der Waals surface area contributed by atoms with Crippen LogP contribution in [-0.2, 0) is 9.47 Å². The summed E-state index contributed by atoms with van der Waals surface area (Å²) in [4.78, 5) is 10.9. The second-order valence-electron chi connectivity index (χ2n) is 6.18. The number of hydrogen-bond donors (Lipinski definition) is 1. The first-order chi connectivity index (χ1) is 11.2. The molecule has 2 aliphatic rings. The third kappa shape index (κ3) is 2.53. The molecule has 122 valence electrons. The summed E-state index contributed by atoms with van der Waals surface area (Å²) in [7, 11) is 0. The van der Waals surface area contributed by atoms with Crippen LogP contribution in [0.25, 0.3) is 5.82 Å². The summed E-state index contributed by atoms with van der Waals surface area (Å²) in [5.74, 6) is 1.32. The molecule has 2 aliphatic heterocycles.